The van der Waals surface area contributed by atoms with Crippen LogP contribution in [0.3, 0.4) is 0 Å². The van der Waals surface area contributed by atoms with Crippen LogP contribution in [0.1, 0.15) is 143 Å². The first-order valence-electron chi connectivity index (χ1n) is 17.8. The predicted octanol–water partition coefficient (Wildman–Crippen LogP) is 9.07. The number of hydrogen-bond acceptors (Lipinski definition) is 7. The van der Waals surface area contributed by atoms with Crippen molar-refractivity contribution in [2.45, 2.75) is 161 Å². The second kappa shape index (κ2) is 27.2. The fourth-order valence-electron chi connectivity index (χ4n) is 5.00. The molecule has 1 aliphatic heterocycles. The van der Waals surface area contributed by atoms with Gasteiger partial charge < -0.3 is 24.0 Å². The normalized spacial score (nSPS) is 17.4. The van der Waals surface area contributed by atoms with Gasteiger partial charge in [0, 0.05) is 12.8 Å². The third kappa shape index (κ3) is 27.4. The predicted molar refractivity (Wildman–Crippen MR) is 183 cm³/mol. The quantitative estimate of drug-likeness (QED) is 0.0252. The van der Waals surface area contributed by atoms with Gasteiger partial charge in [0.25, 0.3) is 0 Å². The Hall–Kier alpha value is -1.77. The van der Waals surface area contributed by atoms with Crippen LogP contribution in [0.25, 0.3) is 0 Å². The van der Waals surface area contributed by atoms with Gasteiger partial charge in [-0.2, -0.15) is 0 Å². The van der Waals surface area contributed by atoms with E-state index in [1.807, 2.05) is 0 Å². The van der Waals surface area contributed by atoms with Gasteiger partial charge in [0.05, 0.1) is 18.8 Å². The highest BCUT2D eigenvalue weighted by Gasteiger charge is 2.36. The highest BCUT2D eigenvalue weighted by atomic mass is 31.2. The molecule has 0 aliphatic carbocycles. The number of allylic oxidation sites excluding steroid dienone is 5. The van der Waals surface area contributed by atoms with E-state index >= 15 is 0 Å². The number of hydrogen-bond donors (Lipinski definition) is 2. The molecule has 0 aromatic carbocycles. The molecule has 1 aliphatic rings. The van der Waals surface area contributed by atoms with E-state index < -0.39 is 32.5 Å². The van der Waals surface area contributed by atoms with Crippen molar-refractivity contribution in [3.63, 3.8) is 0 Å². The summed E-state index contributed by atoms with van der Waals surface area (Å²) >= 11 is 0. The van der Waals surface area contributed by atoms with Crippen molar-refractivity contribution in [3.05, 3.63) is 36.5 Å². The number of phosphoric ester groups is 1. The van der Waals surface area contributed by atoms with E-state index in [9.17, 15) is 14.2 Å². The summed E-state index contributed by atoms with van der Waals surface area (Å²) in [7, 11) is -4.76. The van der Waals surface area contributed by atoms with Gasteiger partial charge in [-0.05, 0) is 57.3 Å². The molecule has 1 fully saturated rings. The van der Waals surface area contributed by atoms with Crippen LogP contribution in [0.5, 0.6) is 0 Å². The molecule has 0 bridgehead atoms. The minimum absolute atomic E-state index is 0.140. The molecule has 0 amide bonds. The number of carbonyl (C=O) groups excluding carboxylic acids is 2. The SMILES string of the molecule is CCCCC/C=C\C/C=C\C/C=C\CC1OC1CCCC(=O)OC[C@H](COP(=O)(O)O)OC(=O)CCCCCCCCCC(C)C. The summed E-state index contributed by atoms with van der Waals surface area (Å²) in [6.45, 7) is 5.81. The molecule has 0 aromatic rings. The third-order valence-electron chi connectivity index (χ3n) is 7.76. The molecule has 3 atom stereocenters. The zero-order valence-corrected chi connectivity index (χ0v) is 29.7. The summed E-state index contributed by atoms with van der Waals surface area (Å²) in [5, 5.41) is 0. The third-order valence-corrected chi connectivity index (χ3v) is 8.25. The summed E-state index contributed by atoms with van der Waals surface area (Å²) in [5.74, 6) is -0.222. The Kier molecular flexibility index (Phi) is 25.0. The van der Waals surface area contributed by atoms with Crippen LogP contribution < -0.4 is 0 Å². The molecule has 1 heterocycles. The molecule has 9 nitrogen and oxygen atoms in total. The van der Waals surface area contributed by atoms with Crippen LogP contribution in [0, 0.1) is 5.92 Å². The molecular formula is C36H63O9P. The maximum absolute atomic E-state index is 12.3. The standard InChI is InChI=1S/C36H63O9P/c1-4-5-6-7-8-9-10-11-12-15-18-21-25-33-34(45-33)26-23-28-35(37)42-29-32(30-43-46(39,40)41)44-36(38)27-22-19-16-13-14-17-20-24-31(2)3/h8-9,11-12,18,21,31-34H,4-7,10,13-17,19-20,22-30H2,1-3H3,(H2,39,40,41)/b9-8-,12-11-,21-18-/t32-,33?,34?/m1/s1. The monoisotopic (exact) mass is 670 g/mol. The van der Waals surface area contributed by atoms with Crippen molar-refractivity contribution in [2.24, 2.45) is 5.92 Å². The molecule has 266 valence electrons. The van der Waals surface area contributed by atoms with Gasteiger partial charge in [-0.25, -0.2) is 4.57 Å². The summed E-state index contributed by atoms with van der Waals surface area (Å²) < 4.78 is 31.9. The van der Waals surface area contributed by atoms with Crippen molar-refractivity contribution in [1.29, 1.82) is 0 Å². The minimum Gasteiger partial charge on any atom is -0.462 e. The maximum Gasteiger partial charge on any atom is 0.469 e. The molecule has 2 N–H and O–H groups in total. The lowest BCUT2D eigenvalue weighted by atomic mass is 10.0. The van der Waals surface area contributed by atoms with E-state index in [2.05, 4.69) is 61.8 Å². The van der Waals surface area contributed by atoms with Gasteiger partial charge in [0.1, 0.15) is 6.61 Å². The van der Waals surface area contributed by atoms with Gasteiger partial charge in [-0.3, -0.25) is 14.1 Å². The Bertz CT molecular complexity index is 924. The van der Waals surface area contributed by atoms with Crippen LogP contribution in [0.2, 0.25) is 0 Å². The number of carbonyl (C=O) groups is 2. The Morgan fingerprint density at radius 3 is 2.07 bits per heavy atom. The van der Waals surface area contributed by atoms with E-state index in [0.717, 1.165) is 50.9 Å². The fourth-order valence-corrected chi connectivity index (χ4v) is 5.36. The van der Waals surface area contributed by atoms with Gasteiger partial charge in [0.15, 0.2) is 6.10 Å². The van der Waals surface area contributed by atoms with Crippen molar-refractivity contribution >= 4 is 19.8 Å². The fraction of sp³-hybridized carbons (Fsp3) is 0.778. The molecule has 1 saturated heterocycles. The first-order valence-corrected chi connectivity index (χ1v) is 19.3. The van der Waals surface area contributed by atoms with Crippen molar-refractivity contribution < 1.29 is 42.7 Å². The van der Waals surface area contributed by atoms with Crippen LogP contribution in [0.15, 0.2) is 36.5 Å². The lowest BCUT2D eigenvalue weighted by Crippen LogP contribution is -2.29. The molecule has 10 heteroatoms. The summed E-state index contributed by atoms with van der Waals surface area (Å²) in [6.07, 6.45) is 30.5. The highest BCUT2D eigenvalue weighted by molar-refractivity contribution is 7.46. The largest absolute Gasteiger partial charge is 0.469 e. The first-order chi connectivity index (χ1) is 22.1. The molecule has 0 spiro atoms. The Labute approximate surface area is 278 Å². The van der Waals surface area contributed by atoms with E-state index in [1.54, 1.807) is 0 Å². The minimum atomic E-state index is -4.76. The zero-order valence-electron chi connectivity index (χ0n) is 28.8. The van der Waals surface area contributed by atoms with Gasteiger partial charge >= 0.3 is 19.8 Å². The summed E-state index contributed by atoms with van der Waals surface area (Å²) in [4.78, 5) is 42.7. The number of phosphoric acid groups is 1. The van der Waals surface area contributed by atoms with Crippen molar-refractivity contribution in [3.8, 4) is 0 Å². The Balaban J connectivity index is 2.18. The second-order valence-electron chi connectivity index (χ2n) is 12.7. The number of epoxide rings is 1. The van der Waals surface area contributed by atoms with E-state index in [1.165, 1.54) is 51.4 Å². The van der Waals surface area contributed by atoms with Gasteiger partial charge in [-0.15, -0.1) is 0 Å². The molecule has 0 aromatic heterocycles. The zero-order chi connectivity index (χ0) is 33.9. The topological polar surface area (TPSA) is 132 Å². The number of unbranched alkanes of at least 4 members (excludes halogenated alkanes) is 9. The molecule has 2 unspecified atom stereocenters. The Morgan fingerprint density at radius 2 is 1.39 bits per heavy atom. The lowest BCUT2D eigenvalue weighted by Gasteiger charge is -2.18. The van der Waals surface area contributed by atoms with E-state index in [-0.39, 0.29) is 31.7 Å². The molecule has 0 radical (unpaired) electrons. The molecule has 46 heavy (non-hydrogen) atoms. The van der Waals surface area contributed by atoms with E-state index in [0.29, 0.717) is 12.8 Å². The number of ether oxygens (including phenoxy) is 3. The van der Waals surface area contributed by atoms with Crippen LogP contribution in [-0.2, 0) is 32.9 Å². The smallest absolute Gasteiger partial charge is 0.462 e. The molecular weight excluding hydrogens is 607 g/mol. The summed E-state index contributed by atoms with van der Waals surface area (Å²) in [6, 6.07) is 0. The maximum atomic E-state index is 12.3. The second-order valence-corrected chi connectivity index (χ2v) is 14.0. The van der Waals surface area contributed by atoms with Crippen molar-refractivity contribution in [2.75, 3.05) is 13.2 Å². The lowest BCUT2D eigenvalue weighted by molar-refractivity contribution is -0.161. The number of esters is 2. The van der Waals surface area contributed by atoms with Crippen LogP contribution in [0.4, 0.5) is 0 Å². The van der Waals surface area contributed by atoms with Crippen molar-refractivity contribution in [1.82, 2.24) is 0 Å². The average molecular weight is 671 g/mol. The number of rotatable bonds is 30. The van der Waals surface area contributed by atoms with Gasteiger partial charge in [-0.1, -0.05) is 115 Å². The van der Waals surface area contributed by atoms with Gasteiger partial charge in [0.2, 0.25) is 0 Å². The van der Waals surface area contributed by atoms with E-state index in [4.69, 9.17) is 24.0 Å². The van der Waals surface area contributed by atoms with Crippen LogP contribution in [-0.4, -0.2) is 53.3 Å². The molecule has 1 rings (SSSR count). The average Bonchev–Trinajstić information content (AvgIpc) is 3.75. The first kappa shape index (κ1) is 42.3. The van der Waals surface area contributed by atoms with Crippen LogP contribution >= 0.6 is 7.82 Å². The Morgan fingerprint density at radius 1 is 0.761 bits per heavy atom. The highest BCUT2D eigenvalue weighted by Crippen LogP contribution is 2.36. The molecule has 0 saturated carbocycles. The summed E-state index contributed by atoms with van der Waals surface area (Å²) in [5.41, 5.74) is 0.